The first-order valence-electron chi connectivity index (χ1n) is 5.86. The standard InChI is InChI=1S/C11H25N3O/c1-4-10(3)14(5-2)9-7-6-8-11(12)13-15/h10,15H,4-9H2,1-3H3,(H2,12,13). The lowest BCUT2D eigenvalue weighted by molar-refractivity contribution is 0.211. The summed E-state index contributed by atoms with van der Waals surface area (Å²) in [5.41, 5.74) is 5.39. The maximum atomic E-state index is 8.37. The molecular weight excluding hydrogens is 190 g/mol. The molecule has 0 aliphatic rings. The van der Waals surface area contributed by atoms with Crippen LogP contribution >= 0.6 is 0 Å². The van der Waals surface area contributed by atoms with E-state index in [4.69, 9.17) is 10.9 Å². The van der Waals surface area contributed by atoms with Crippen LogP contribution in [0.15, 0.2) is 5.16 Å². The van der Waals surface area contributed by atoms with Crippen molar-refractivity contribution in [2.24, 2.45) is 10.9 Å². The fraction of sp³-hybridized carbons (Fsp3) is 0.909. The van der Waals surface area contributed by atoms with E-state index in [0.29, 0.717) is 18.3 Å². The van der Waals surface area contributed by atoms with E-state index in [1.54, 1.807) is 0 Å². The predicted molar refractivity (Wildman–Crippen MR) is 64.3 cm³/mol. The molecule has 0 amide bonds. The summed E-state index contributed by atoms with van der Waals surface area (Å²) in [6.45, 7) is 8.86. The molecule has 0 radical (unpaired) electrons. The average molecular weight is 215 g/mol. The van der Waals surface area contributed by atoms with Gasteiger partial charge in [-0.05, 0) is 39.3 Å². The van der Waals surface area contributed by atoms with E-state index in [2.05, 4.69) is 30.8 Å². The molecule has 0 rings (SSSR count). The Morgan fingerprint density at radius 3 is 2.53 bits per heavy atom. The van der Waals surface area contributed by atoms with Gasteiger partial charge in [-0.25, -0.2) is 0 Å². The molecule has 0 aliphatic heterocycles. The Balaban J connectivity index is 3.64. The van der Waals surface area contributed by atoms with E-state index in [1.165, 1.54) is 6.42 Å². The lowest BCUT2D eigenvalue weighted by Crippen LogP contribution is -2.33. The minimum Gasteiger partial charge on any atom is -0.409 e. The van der Waals surface area contributed by atoms with Crippen molar-refractivity contribution in [3.63, 3.8) is 0 Å². The van der Waals surface area contributed by atoms with Crippen molar-refractivity contribution in [3.05, 3.63) is 0 Å². The second-order valence-corrected chi connectivity index (χ2v) is 3.93. The summed E-state index contributed by atoms with van der Waals surface area (Å²) in [7, 11) is 0. The Morgan fingerprint density at radius 2 is 2.07 bits per heavy atom. The summed E-state index contributed by atoms with van der Waals surface area (Å²) < 4.78 is 0. The van der Waals surface area contributed by atoms with Crippen molar-refractivity contribution in [2.45, 2.75) is 52.5 Å². The van der Waals surface area contributed by atoms with Gasteiger partial charge in [-0.1, -0.05) is 19.0 Å². The van der Waals surface area contributed by atoms with Gasteiger partial charge in [-0.15, -0.1) is 0 Å². The summed E-state index contributed by atoms with van der Waals surface area (Å²) >= 11 is 0. The van der Waals surface area contributed by atoms with Crippen LogP contribution in [0.2, 0.25) is 0 Å². The molecule has 0 saturated carbocycles. The lowest BCUT2D eigenvalue weighted by Gasteiger charge is -2.26. The van der Waals surface area contributed by atoms with Gasteiger partial charge in [0.2, 0.25) is 0 Å². The molecule has 15 heavy (non-hydrogen) atoms. The number of oxime groups is 1. The fourth-order valence-corrected chi connectivity index (χ4v) is 1.62. The maximum absolute atomic E-state index is 8.37. The zero-order valence-corrected chi connectivity index (χ0v) is 10.2. The Morgan fingerprint density at radius 1 is 1.40 bits per heavy atom. The summed E-state index contributed by atoms with van der Waals surface area (Å²) in [5.74, 6) is 0.335. The van der Waals surface area contributed by atoms with Gasteiger partial charge in [0.1, 0.15) is 5.84 Å². The molecule has 0 aromatic rings. The van der Waals surface area contributed by atoms with Gasteiger partial charge in [0, 0.05) is 12.5 Å². The number of nitrogens with two attached hydrogens (primary N) is 1. The van der Waals surface area contributed by atoms with Crippen LogP contribution in [0.25, 0.3) is 0 Å². The summed E-state index contributed by atoms with van der Waals surface area (Å²) in [4.78, 5) is 2.46. The minimum atomic E-state index is 0.335. The third-order valence-electron chi connectivity index (χ3n) is 2.88. The monoisotopic (exact) mass is 215 g/mol. The van der Waals surface area contributed by atoms with Crippen LogP contribution in [-0.2, 0) is 0 Å². The molecule has 0 heterocycles. The summed E-state index contributed by atoms with van der Waals surface area (Å²) in [5, 5.41) is 11.3. The number of nitrogens with zero attached hydrogens (tertiary/aromatic N) is 2. The highest BCUT2D eigenvalue weighted by molar-refractivity contribution is 5.79. The van der Waals surface area contributed by atoms with E-state index in [0.717, 1.165) is 25.9 Å². The average Bonchev–Trinajstić information content (AvgIpc) is 2.27. The molecule has 1 atom stereocenters. The number of rotatable bonds is 8. The first-order valence-corrected chi connectivity index (χ1v) is 5.86. The maximum Gasteiger partial charge on any atom is 0.139 e. The summed E-state index contributed by atoms with van der Waals surface area (Å²) in [6, 6.07) is 0.652. The first-order chi connectivity index (χ1) is 7.15. The van der Waals surface area contributed by atoms with Crippen molar-refractivity contribution in [1.29, 1.82) is 0 Å². The molecule has 4 heteroatoms. The van der Waals surface area contributed by atoms with Crippen molar-refractivity contribution in [2.75, 3.05) is 13.1 Å². The molecule has 90 valence electrons. The normalized spacial score (nSPS) is 14.5. The molecule has 0 spiro atoms. The Labute approximate surface area is 93.1 Å². The quantitative estimate of drug-likeness (QED) is 0.214. The van der Waals surface area contributed by atoms with Crippen LogP contribution in [0, 0.1) is 0 Å². The van der Waals surface area contributed by atoms with Crippen LogP contribution in [0.4, 0.5) is 0 Å². The molecule has 0 bridgehead atoms. The zero-order valence-electron chi connectivity index (χ0n) is 10.2. The van der Waals surface area contributed by atoms with Gasteiger partial charge < -0.3 is 15.8 Å². The SMILES string of the molecule is CCC(C)N(CC)CCCCC(N)=NO. The molecular formula is C11H25N3O. The van der Waals surface area contributed by atoms with Crippen LogP contribution in [0.5, 0.6) is 0 Å². The van der Waals surface area contributed by atoms with E-state index in [9.17, 15) is 0 Å². The van der Waals surface area contributed by atoms with E-state index < -0.39 is 0 Å². The van der Waals surface area contributed by atoms with Gasteiger partial charge in [0.05, 0.1) is 0 Å². The number of amidine groups is 1. The van der Waals surface area contributed by atoms with Gasteiger partial charge in [0.25, 0.3) is 0 Å². The largest absolute Gasteiger partial charge is 0.409 e. The van der Waals surface area contributed by atoms with Gasteiger partial charge in [-0.3, -0.25) is 0 Å². The Bertz CT molecular complexity index is 183. The predicted octanol–water partition coefficient (Wildman–Crippen LogP) is 2.02. The van der Waals surface area contributed by atoms with Crippen molar-refractivity contribution < 1.29 is 5.21 Å². The fourth-order valence-electron chi connectivity index (χ4n) is 1.62. The number of unbranched alkanes of at least 4 members (excludes halogenated alkanes) is 1. The van der Waals surface area contributed by atoms with Gasteiger partial charge >= 0.3 is 0 Å². The van der Waals surface area contributed by atoms with Crippen LogP contribution in [-0.4, -0.2) is 35.1 Å². The van der Waals surface area contributed by atoms with Gasteiger partial charge in [0.15, 0.2) is 0 Å². The highest BCUT2D eigenvalue weighted by atomic mass is 16.4. The summed E-state index contributed by atoms with van der Waals surface area (Å²) in [6.07, 6.45) is 3.97. The van der Waals surface area contributed by atoms with Crippen LogP contribution < -0.4 is 5.73 Å². The highest BCUT2D eigenvalue weighted by Gasteiger charge is 2.08. The van der Waals surface area contributed by atoms with Crippen LogP contribution in [0.3, 0.4) is 0 Å². The molecule has 0 saturated heterocycles. The molecule has 3 N–H and O–H groups in total. The van der Waals surface area contributed by atoms with Crippen molar-refractivity contribution in [3.8, 4) is 0 Å². The highest BCUT2D eigenvalue weighted by Crippen LogP contribution is 2.06. The van der Waals surface area contributed by atoms with E-state index >= 15 is 0 Å². The van der Waals surface area contributed by atoms with Crippen molar-refractivity contribution >= 4 is 5.84 Å². The molecule has 0 aliphatic carbocycles. The molecule has 4 nitrogen and oxygen atoms in total. The van der Waals surface area contributed by atoms with Crippen LogP contribution in [0.1, 0.15) is 46.5 Å². The second kappa shape index (κ2) is 8.53. The number of hydrogen-bond donors (Lipinski definition) is 2. The minimum absolute atomic E-state index is 0.335. The van der Waals surface area contributed by atoms with Crippen molar-refractivity contribution in [1.82, 2.24) is 4.90 Å². The Hall–Kier alpha value is -0.770. The smallest absolute Gasteiger partial charge is 0.139 e. The number of hydrogen-bond acceptors (Lipinski definition) is 3. The lowest BCUT2D eigenvalue weighted by atomic mass is 10.1. The molecule has 0 fully saturated rings. The zero-order chi connectivity index (χ0) is 11.7. The molecule has 0 aromatic heterocycles. The second-order valence-electron chi connectivity index (χ2n) is 3.93. The topological polar surface area (TPSA) is 61.8 Å². The third kappa shape index (κ3) is 6.33. The van der Waals surface area contributed by atoms with E-state index in [1.807, 2.05) is 0 Å². The Kier molecular flexibility index (Phi) is 8.09. The third-order valence-corrected chi connectivity index (χ3v) is 2.88. The molecule has 1 unspecified atom stereocenters. The van der Waals surface area contributed by atoms with E-state index in [-0.39, 0.29) is 0 Å². The first kappa shape index (κ1) is 14.2. The van der Waals surface area contributed by atoms with Gasteiger partial charge in [-0.2, -0.15) is 0 Å². The molecule has 0 aromatic carbocycles.